The molecule has 1 fully saturated rings. The number of likely N-dealkylation sites (tertiary alicyclic amines) is 1. The molecule has 1 aliphatic heterocycles. The van der Waals surface area contributed by atoms with Crippen molar-refractivity contribution in [1.29, 1.82) is 0 Å². The van der Waals surface area contributed by atoms with Gasteiger partial charge < -0.3 is 14.7 Å². The second kappa shape index (κ2) is 6.22. The maximum absolute atomic E-state index is 12.4. The van der Waals surface area contributed by atoms with Crippen molar-refractivity contribution in [3.63, 3.8) is 0 Å². The fourth-order valence-corrected chi connectivity index (χ4v) is 2.24. The topological polar surface area (TPSA) is 62.7 Å². The summed E-state index contributed by atoms with van der Waals surface area (Å²) in [5, 5.41) is 9.88. The molecule has 0 bridgehead atoms. The Balaban J connectivity index is 2.09. The minimum atomic E-state index is -0.456. The Morgan fingerprint density at radius 2 is 2.25 bits per heavy atom. The number of carbonyl (C=O) groups is 1. The van der Waals surface area contributed by atoms with Crippen LogP contribution in [0.1, 0.15) is 37.7 Å². The third-order valence-corrected chi connectivity index (χ3v) is 3.50. The fraction of sp³-hybridized carbons (Fsp3) is 0.600. The number of β-amino-alcohol motifs (C(OH)–C–C–N with tert-alkyl or cyclic N) is 1. The van der Waals surface area contributed by atoms with Gasteiger partial charge in [0.1, 0.15) is 5.69 Å². The van der Waals surface area contributed by atoms with Crippen molar-refractivity contribution in [3.05, 3.63) is 23.9 Å². The van der Waals surface area contributed by atoms with Gasteiger partial charge in [-0.15, -0.1) is 0 Å². The number of aliphatic hydroxyl groups excluding tert-OH is 1. The first-order chi connectivity index (χ1) is 9.47. The zero-order valence-electron chi connectivity index (χ0n) is 12.2. The van der Waals surface area contributed by atoms with E-state index >= 15 is 0 Å². The van der Waals surface area contributed by atoms with Crippen molar-refractivity contribution in [2.24, 2.45) is 5.92 Å². The van der Waals surface area contributed by atoms with Crippen molar-refractivity contribution in [1.82, 2.24) is 9.88 Å². The number of hydrogen-bond donors (Lipinski definition) is 1. The Morgan fingerprint density at radius 1 is 1.50 bits per heavy atom. The molecule has 2 atom stereocenters. The van der Waals surface area contributed by atoms with Crippen molar-refractivity contribution in [2.75, 3.05) is 13.1 Å². The van der Waals surface area contributed by atoms with Crippen LogP contribution in [0.5, 0.6) is 5.88 Å². The van der Waals surface area contributed by atoms with Gasteiger partial charge in [0.2, 0.25) is 5.88 Å². The minimum absolute atomic E-state index is 0.0190. The number of aliphatic hydroxyl groups is 1. The van der Waals surface area contributed by atoms with Crippen LogP contribution in [-0.2, 0) is 0 Å². The van der Waals surface area contributed by atoms with Gasteiger partial charge in [-0.05, 0) is 32.3 Å². The largest absolute Gasteiger partial charge is 0.475 e. The molecule has 0 saturated carbocycles. The molecule has 1 amide bonds. The number of piperidine rings is 1. The van der Waals surface area contributed by atoms with Gasteiger partial charge >= 0.3 is 0 Å². The number of nitrogens with zero attached hydrogens (tertiary/aromatic N) is 2. The third kappa shape index (κ3) is 3.48. The predicted molar refractivity (Wildman–Crippen MR) is 75.7 cm³/mol. The van der Waals surface area contributed by atoms with Crippen LogP contribution in [0.25, 0.3) is 0 Å². The first-order valence-electron chi connectivity index (χ1n) is 7.08. The van der Waals surface area contributed by atoms with Crippen molar-refractivity contribution in [3.8, 4) is 5.88 Å². The van der Waals surface area contributed by atoms with Crippen molar-refractivity contribution < 1.29 is 14.6 Å². The quantitative estimate of drug-likeness (QED) is 0.914. The molecule has 5 nitrogen and oxygen atoms in total. The summed E-state index contributed by atoms with van der Waals surface area (Å²) >= 11 is 0. The van der Waals surface area contributed by atoms with E-state index in [0.29, 0.717) is 24.7 Å². The van der Waals surface area contributed by atoms with E-state index in [-0.39, 0.29) is 17.9 Å². The number of aromatic nitrogens is 1. The SMILES string of the molecule is CC(C)Oc1cccc(C(=O)N2CCC(C)C(O)C2)n1. The summed E-state index contributed by atoms with van der Waals surface area (Å²) in [5.41, 5.74) is 0.366. The molecule has 20 heavy (non-hydrogen) atoms. The number of ether oxygens (including phenoxy) is 1. The summed E-state index contributed by atoms with van der Waals surface area (Å²) < 4.78 is 5.50. The van der Waals surface area contributed by atoms with E-state index in [1.54, 1.807) is 23.1 Å². The number of hydrogen-bond acceptors (Lipinski definition) is 4. The Kier molecular flexibility index (Phi) is 4.60. The molecule has 2 unspecified atom stereocenters. The molecule has 0 aromatic carbocycles. The molecule has 1 aromatic rings. The van der Waals surface area contributed by atoms with E-state index in [9.17, 15) is 9.90 Å². The summed E-state index contributed by atoms with van der Waals surface area (Å²) in [7, 11) is 0. The number of rotatable bonds is 3. The van der Waals surface area contributed by atoms with E-state index in [1.165, 1.54) is 0 Å². The Morgan fingerprint density at radius 3 is 2.90 bits per heavy atom. The molecule has 110 valence electrons. The first kappa shape index (κ1) is 14.8. The summed E-state index contributed by atoms with van der Waals surface area (Å²) in [6.07, 6.45) is 0.378. The number of amides is 1. The van der Waals surface area contributed by atoms with E-state index in [4.69, 9.17) is 4.74 Å². The number of carbonyl (C=O) groups excluding carboxylic acids is 1. The maximum Gasteiger partial charge on any atom is 0.272 e. The molecule has 2 heterocycles. The van der Waals surface area contributed by atoms with Crippen LogP contribution in [0.4, 0.5) is 0 Å². The summed E-state index contributed by atoms with van der Waals surface area (Å²) in [5.74, 6) is 0.546. The highest BCUT2D eigenvalue weighted by molar-refractivity contribution is 5.92. The van der Waals surface area contributed by atoms with E-state index in [0.717, 1.165) is 6.42 Å². The fourth-order valence-electron chi connectivity index (χ4n) is 2.24. The maximum atomic E-state index is 12.4. The average molecular weight is 278 g/mol. The highest BCUT2D eigenvalue weighted by Crippen LogP contribution is 2.19. The zero-order valence-corrected chi connectivity index (χ0v) is 12.2. The van der Waals surface area contributed by atoms with E-state index in [1.807, 2.05) is 20.8 Å². The molecule has 5 heteroatoms. The van der Waals surface area contributed by atoms with Crippen LogP contribution >= 0.6 is 0 Å². The second-order valence-corrected chi connectivity index (χ2v) is 5.61. The van der Waals surface area contributed by atoms with Gasteiger partial charge in [0, 0.05) is 19.2 Å². The molecule has 1 aliphatic rings. The normalized spacial score (nSPS) is 22.9. The van der Waals surface area contributed by atoms with E-state index in [2.05, 4.69) is 4.98 Å². The first-order valence-corrected chi connectivity index (χ1v) is 7.08. The van der Waals surface area contributed by atoms with Crippen LogP contribution < -0.4 is 4.74 Å². The van der Waals surface area contributed by atoms with Crippen LogP contribution in [0.3, 0.4) is 0 Å². The monoisotopic (exact) mass is 278 g/mol. The lowest BCUT2D eigenvalue weighted by Gasteiger charge is -2.34. The summed E-state index contributed by atoms with van der Waals surface area (Å²) in [6, 6.07) is 5.19. The Bertz CT molecular complexity index is 476. The molecule has 1 aromatic heterocycles. The zero-order chi connectivity index (χ0) is 14.7. The van der Waals surface area contributed by atoms with Gasteiger partial charge in [0.05, 0.1) is 12.2 Å². The van der Waals surface area contributed by atoms with Gasteiger partial charge in [-0.25, -0.2) is 4.98 Å². The van der Waals surface area contributed by atoms with Gasteiger partial charge in [-0.2, -0.15) is 0 Å². The molecule has 0 aliphatic carbocycles. The molecular formula is C15H22N2O3. The van der Waals surface area contributed by atoms with Crippen LogP contribution in [0.15, 0.2) is 18.2 Å². The second-order valence-electron chi connectivity index (χ2n) is 5.61. The molecule has 0 spiro atoms. The van der Waals surface area contributed by atoms with Gasteiger partial charge in [0.15, 0.2) is 0 Å². The molecule has 1 N–H and O–H groups in total. The Hall–Kier alpha value is -1.62. The summed E-state index contributed by atoms with van der Waals surface area (Å²) in [4.78, 5) is 18.3. The predicted octanol–water partition coefficient (Wildman–Crippen LogP) is 1.71. The van der Waals surface area contributed by atoms with Crippen molar-refractivity contribution >= 4 is 5.91 Å². The lowest BCUT2D eigenvalue weighted by Crippen LogP contribution is -2.46. The van der Waals surface area contributed by atoms with E-state index < -0.39 is 6.10 Å². The number of pyridine rings is 1. The molecular weight excluding hydrogens is 256 g/mol. The van der Waals surface area contributed by atoms with Gasteiger partial charge in [-0.1, -0.05) is 13.0 Å². The van der Waals surface area contributed by atoms with Crippen LogP contribution in [0, 0.1) is 5.92 Å². The lowest BCUT2D eigenvalue weighted by atomic mass is 9.96. The van der Waals surface area contributed by atoms with Gasteiger partial charge in [-0.3, -0.25) is 4.79 Å². The molecule has 2 rings (SSSR count). The lowest BCUT2D eigenvalue weighted by molar-refractivity contribution is 0.0244. The highest BCUT2D eigenvalue weighted by Gasteiger charge is 2.28. The molecule has 1 saturated heterocycles. The molecule has 0 radical (unpaired) electrons. The average Bonchev–Trinajstić information content (AvgIpc) is 2.40. The highest BCUT2D eigenvalue weighted by atomic mass is 16.5. The van der Waals surface area contributed by atoms with Crippen LogP contribution in [0.2, 0.25) is 0 Å². The minimum Gasteiger partial charge on any atom is -0.475 e. The van der Waals surface area contributed by atoms with Crippen LogP contribution in [-0.4, -0.2) is 46.2 Å². The standard InChI is InChI=1S/C15H22N2O3/c1-10(2)20-14-6-4-5-12(16-14)15(19)17-8-7-11(3)13(18)9-17/h4-6,10-11,13,18H,7-9H2,1-3H3. The smallest absolute Gasteiger partial charge is 0.272 e. The van der Waals surface area contributed by atoms with Gasteiger partial charge in [0.25, 0.3) is 5.91 Å². The Labute approximate surface area is 119 Å². The van der Waals surface area contributed by atoms with Crippen molar-refractivity contribution in [2.45, 2.75) is 39.4 Å². The summed E-state index contributed by atoms with van der Waals surface area (Å²) in [6.45, 7) is 6.86. The third-order valence-electron chi connectivity index (χ3n) is 3.50.